The molecule has 0 bridgehead atoms. The lowest BCUT2D eigenvalue weighted by molar-refractivity contribution is 0.101. The Bertz CT molecular complexity index is 702. The van der Waals surface area contributed by atoms with Crippen molar-refractivity contribution in [3.63, 3.8) is 0 Å². The predicted molar refractivity (Wildman–Crippen MR) is 101 cm³/mol. The third kappa shape index (κ3) is 3.80. The van der Waals surface area contributed by atoms with Crippen LogP contribution in [0.5, 0.6) is 0 Å². The van der Waals surface area contributed by atoms with Crippen molar-refractivity contribution in [1.29, 1.82) is 0 Å². The second-order valence-electron chi connectivity index (χ2n) is 5.00. The molecule has 0 amide bonds. The highest BCUT2D eigenvalue weighted by Gasteiger charge is 2.23. The van der Waals surface area contributed by atoms with Crippen LogP contribution in [0.25, 0.3) is 0 Å². The molecule has 0 atom stereocenters. The molecule has 0 unspecified atom stereocenters. The van der Waals surface area contributed by atoms with Crippen molar-refractivity contribution in [2.45, 2.75) is 23.1 Å². The Morgan fingerprint density at radius 2 is 1.83 bits per heavy atom. The molecule has 2 aromatic carbocycles. The smallest absolute Gasteiger partial charge is 0.159 e. The molecule has 1 heterocycles. The molecule has 23 heavy (non-hydrogen) atoms. The zero-order valence-electron chi connectivity index (χ0n) is 13.2. The number of nitrogens with zero attached hydrogens (tertiary/aromatic N) is 1. The topological polar surface area (TPSA) is 20.3 Å². The van der Waals surface area contributed by atoms with Gasteiger partial charge in [0, 0.05) is 27.8 Å². The number of para-hydroxylation sites is 1. The molecule has 0 N–H and O–H groups in total. The van der Waals surface area contributed by atoms with Crippen molar-refractivity contribution in [3.8, 4) is 0 Å². The van der Waals surface area contributed by atoms with Gasteiger partial charge in [-0.05, 0) is 37.6 Å². The maximum absolute atomic E-state index is 11.7. The SMILES string of the molecule is C=C.CC(=O)c1ccc2c(c1)N(CCCCl)c1ccccc1S2. The van der Waals surface area contributed by atoms with Gasteiger partial charge < -0.3 is 4.90 Å². The summed E-state index contributed by atoms with van der Waals surface area (Å²) in [4.78, 5) is 16.4. The largest absolute Gasteiger partial charge is 0.340 e. The van der Waals surface area contributed by atoms with Crippen LogP contribution in [0.15, 0.2) is 65.4 Å². The molecule has 3 rings (SSSR count). The number of hydrogen-bond donors (Lipinski definition) is 0. The van der Waals surface area contributed by atoms with Gasteiger partial charge in [-0.2, -0.15) is 0 Å². The van der Waals surface area contributed by atoms with E-state index >= 15 is 0 Å². The molecule has 4 heteroatoms. The van der Waals surface area contributed by atoms with Crippen LogP contribution >= 0.6 is 23.4 Å². The zero-order chi connectivity index (χ0) is 16.8. The number of halogens is 1. The van der Waals surface area contributed by atoms with Gasteiger partial charge >= 0.3 is 0 Å². The Morgan fingerprint density at radius 1 is 1.13 bits per heavy atom. The molecule has 1 aliphatic heterocycles. The Kier molecular flexibility index (Phi) is 6.31. The van der Waals surface area contributed by atoms with Crippen LogP contribution in [-0.2, 0) is 0 Å². The van der Waals surface area contributed by atoms with Crippen LogP contribution in [-0.4, -0.2) is 18.2 Å². The van der Waals surface area contributed by atoms with Crippen LogP contribution < -0.4 is 4.90 Å². The summed E-state index contributed by atoms with van der Waals surface area (Å²) in [6.45, 7) is 8.46. The van der Waals surface area contributed by atoms with Crippen molar-refractivity contribution < 1.29 is 4.79 Å². The first-order valence-corrected chi connectivity index (χ1v) is 8.81. The number of benzene rings is 2. The van der Waals surface area contributed by atoms with E-state index in [1.54, 1.807) is 18.7 Å². The molecule has 0 aromatic heterocycles. The molecule has 0 saturated heterocycles. The first kappa shape index (κ1) is 17.6. The van der Waals surface area contributed by atoms with Crippen LogP contribution in [0.4, 0.5) is 11.4 Å². The first-order chi connectivity index (χ1) is 11.2. The molecule has 0 radical (unpaired) electrons. The summed E-state index contributed by atoms with van der Waals surface area (Å²) in [6.07, 6.45) is 0.907. The van der Waals surface area contributed by atoms with Crippen molar-refractivity contribution in [2.75, 3.05) is 17.3 Å². The first-order valence-electron chi connectivity index (χ1n) is 7.46. The molecule has 1 aliphatic rings. The molecular formula is C19H20ClNOS. The van der Waals surface area contributed by atoms with Crippen LogP contribution in [0.1, 0.15) is 23.7 Å². The molecule has 0 aliphatic carbocycles. The predicted octanol–water partition coefficient (Wildman–Crippen LogP) is 5.92. The summed E-state index contributed by atoms with van der Waals surface area (Å²) in [6, 6.07) is 14.3. The van der Waals surface area contributed by atoms with Crippen molar-refractivity contribution in [1.82, 2.24) is 0 Å². The Morgan fingerprint density at radius 3 is 2.52 bits per heavy atom. The summed E-state index contributed by atoms with van der Waals surface area (Å²) < 4.78 is 0. The maximum atomic E-state index is 11.7. The summed E-state index contributed by atoms with van der Waals surface area (Å²) >= 11 is 7.62. The quantitative estimate of drug-likeness (QED) is 0.389. The number of Topliss-reactive ketones (excluding diaryl/α,β-unsaturated/α-hetero) is 1. The van der Waals surface area contributed by atoms with E-state index in [0.29, 0.717) is 5.88 Å². The van der Waals surface area contributed by atoms with E-state index < -0.39 is 0 Å². The van der Waals surface area contributed by atoms with Gasteiger partial charge in [0.15, 0.2) is 5.78 Å². The third-order valence-corrected chi connectivity index (χ3v) is 4.95. The lowest BCUT2D eigenvalue weighted by Crippen LogP contribution is -2.22. The maximum Gasteiger partial charge on any atom is 0.159 e. The van der Waals surface area contributed by atoms with Crippen LogP contribution in [0.3, 0.4) is 0 Å². The van der Waals surface area contributed by atoms with E-state index in [1.807, 2.05) is 24.3 Å². The van der Waals surface area contributed by atoms with Crippen molar-refractivity contribution >= 4 is 40.5 Å². The average molecular weight is 346 g/mol. The van der Waals surface area contributed by atoms with E-state index in [2.05, 4.69) is 36.3 Å². The standard InChI is InChI=1S/C17H16ClNOS.C2H4/c1-12(20)13-7-8-17-15(11-13)19(10-4-9-18)14-5-2-3-6-16(14)21-17;1-2/h2-3,5-8,11H,4,9-10H2,1H3;1-2H2. The fourth-order valence-electron chi connectivity index (χ4n) is 2.51. The lowest BCUT2D eigenvalue weighted by Gasteiger charge is -2.33. The van der Waals surface area contributed by atoms with E-state index in [-0.39, 0.29) is 5.78 Å². The second-order valence-corrected chi connectivity index (χ2v) is 6.46. The number of carbonyl (C=O) groups excluding carboxylic acids is 1. The molecule has 0 spiro atoms. The summed E-state index contributed by atoms with van der Waals surface area (Å²) in [5, 5.41) is 0. The number of alkyl halides is 1. The van der Waals surface area contributed by atoms with Crippen molar-refractivity contribution in [3.05, 3.63) is 61.2 Å². The van der Waals surface area contributed by atoms with Gasteiger partial charge in [-0.25, -0.2) is 0 Å². The molecule has 120 valence electrons. The van der Waals surface area contributed by atoms with Gasteiger partial charge in [0.05, 0.1) is 11.4 Å². The summed E-state index contributed by atoms with van der Waals surface area (Å²) in [5.41, 5.74) is 3.06. The Hall–Kier alpha value is -1.71. The van der Waals surface area contributed by atoms with E-state index in [1.165, 1.54) is 15.5 Å². The van der Waals surface area contributed by atoms with E-state index in [0.717, 1.165) is 24.2 Å². The normalized spacial score (nSPS) is 11.8. The lowest BCUT2D eigenvalue weighted by atomic mass is 10.1. The minimum atomic E-state index is 0.0963. The number of hydrogen-bond acceptors (Lipinski definition) is 3. The minimum absolute atomic E-state index is 0.0963. The minimum Gasteiger partial charge on any atom is -0.340 e. The van der Waals surface area contributed by atoms with Gasteiger partial charge in [0.25, 0.3) is 0 Å². The monoisotopic (exact) mass is 345 g/mol. The van der Waals surface area contributed by atoms with Crippen molar-refractivity contribution in [2.24, 2.45) is 0 Å². The fraction of sp³-hybridized carbons (Fsp3) is 0.211. The zero-order valence-corrected chi connectivity index (χ0v) is 14.8. The number of anilines is 2. The summed E-state index contributed by atoms with van der Waals surface area (Å²) in [7, 11) is 0. The molecule has 0 saturated carbocycles. The number of fused-ring (bicyclic) bond motifs is 2. The van der Waals surface area contributed by atoms with Gasteiger partial charge in [-0.1, -0.05) is 30.0 Å². The number of ketones is 1. The summed E-state index contributed by atoms with van der Waals surface area (Å²) in [5.74, 6) is 0.729. The average Bonchev–Trinajstić information content (AvgIpc) is 2.60. The van der Waals surface area contributed by atoms with Gasteiger partial charge in [-0.15, -0.1) is 24.8 Å². The van der Waals surface area contributed by atoms with Gasteiger partial charge in [0.2, 0.25) is 0 Å². The highest BCUT2D eigenvalue weighted by atomic mass is 35.5. The van der Waals surface area contributed by atoms with E-state index in [4.69, 9.17) is 11.6 Å². The van der Waals surface area contributed by atoms with Crippen LogP contribution in [0, 0.1) is 0 Å². The molecule has 2 aromatic rings. The van der Waals surface area contributed by atoms with Gasteiger partial charge in [-0.3, -0.25) is 4.79 Å². The van der Waals surface area contributed by atoms with Crippen LogP contribution in [0.2, 0.25) is 0 Å². The molecule has 2 nitrogen and oxygen atoms in total. The fourth-order valence-corrected chi connectivity index (χ4v) is 3.70. The number of rotatable bonds is 4. The second kappa shape index (κ2) is 8.23. The van der Waals surface area contributed by atoms with Gasteiger partial charge in [0.1, 0.15) is 0 Å². The number of carbonyl (C=O) groups is 1. The molecule has 0 fully saturated rings. The highest BCUT2D eigenvalue weighted by molar-refractivity contribution is 7.99. The van der Waals surface area contributed by atoms with E-state index in [9.17, 15) is 4.79 Å². The Balaban J connectivity index is 0.000000924. The highest BCUT2D eigenvalue weighted by Crippen LogP contribution is 2.48. The molecular weight excluding hydrogens is 326 g/mol. The third-order valence-electron chi connectivity index (χ3n) is 3.55. The Labute approximate surface area is 147 Å².